The standard InChI is InChI=1S/C18H31N3/c1-20(2)18(12-7-13-18)15-21(3)14-17(19)11-10-16-8-5-4-6-9-16/h4-6,8-9,17H,7,10-15,19H2,1-3H3. The first kappa shape index (κ1) is 16.5. The molecule has 1 atom stereocenters. The van der Waals surface area contributed by atoms with Crippen molar-refractivity contribution in [2.24, 2.45) is 5.73 Å². The van der Waals surface area contributed by atoms with Crippen LogP contribution in [0.15, 0.2) is 30.3 Å². The molecule has 2 rings (SSSR count). The van der Waals surface area contributed by atoms with Crippen molar-refractivity contribution in [1.82, 2.24) is 9.80 Å². The highest BCUT2D eigenvalue weighted by molar-refractivity contribution is 5.14. The average Bonchev–Trinajstić information content (AvgIpc) is 2.41. The predicted molar refractivity (Wildman–Crippen MR) is 90.5 cm³/mol. The summed E-state index contributed by atoms with van der Waals surface area (Å²) >= 11 is 0. The van der Waals surface area contributed by atoms with Crippen LogP contribution >= 0.6 is 0 Å². The van der Waals surface area contributed by atoms with Gasteiger partial charge >= 0.3 is 0 Å². The summed E-state index contributed by atoms with van der Waals surface area (Å²) in [5, 5.41) is 0. The number of likely N-dealkylation sites (N-methyl/N-ethyl adjacent to an activating group) is 2. The third-order valence-electron chi connectivity index (χ3n) is 4.99. The SMILES string of the molecule is CN(CC(N)CCc1ccccc1)CC1(N(C)C)CCC1. The van der Waals surface area contributed by atoms with Gasteiger partial charge in [-0.15, -0.1) is 0 Å². The van der Waals surface area contributed by atoms with Gasteiger partial charge in [-0.05, 0) is 58.8 Å². The molecule has 0 saturated heterocycles. The quantitative estimate of drug-likeness (QED) is 0.797. The fourth-order valence-corrected chi connectivity index (χ4v) is 3.39. The van der Waals surface area contributed by atoms with Crippen molar-refractivity contribution in [2.45, 2.75) is 43.7 Å². The van der Waals surface area contributed by atoms with Gasteiger partial charge < -0.3 is 15.5 Å². The van der Waals surface area contributed by atoms with Crippen molar-refractivity contribution in [2.75, 3.05) is 34.2 Å². The van der Waals surface area contributed by atoms with Gasteiger partial charge in [0, 0.05) is 24.7 Å². The highest BCUT2D eigenvalue weighted by Gasteiger charge is 2.39. The summed E-state index contributed by atoms with van der Waals surface area (Å²) < 4.78 is 0. The van der Waals surface area contributed by atoms with Crippen molar-refractivity contribution < 1.29 is 0 Å². The molecule has 1 aliphatic carbocycles. The Kier molecular flexibility index (Phi) is 5.80. The fourth-order valence-electron chi connectivity index (χ4n) is 3.39. The highest BCUT2D eigenvalue weighted by atomic mass is 15.2. The number of hydrogen-bond acceptors (Lipinski definition) is 3. The van der Waals surface area contributed by atoms with Gasteiger partial charge in [0.1, 0.15) is 0 Å². The lowest BCUT2D eigenvalue weighted by Crippen LogP contribution is -2.57. The van der Waals surface area contributed by atoms with Crippen LogP contribution in [0.2, 0.25) is 0 Å². The van der Waals surface area contributed by atoms with Gasteiger partial charge in [-0.3, -0.25) is 0 Å². The maximum atomic E-state index is 6.32. The maximum Gasteiger partial charge on any atom is 0.0330 e. The molecule has 1 saturated carbocycles. The van der Waals surface area contributed by atoms with Gasteiger partial charge in [-0.25, -0.2) is 0 Å². The summed E-state index contributed by atoms with van der Waals surface area (Å²) in [7, 11) is 6.64. The van der Waals surface area contributed by atoms with Crippen LogP contribution < -0.4 is 5.73 Å². The van der Waals surface area contributed by atoms with Crippen LogP contribution in [0.1, 0.15) is 31.2 Å². The molecule has 0 radical (unpaired) electrons. The average molecular weight is 289 g/mol. The molecular weight excluding hydrogens is 258 g/mol. The highest BCUT2D eigenvalue weighted by Crippen LogP contribution is 2.36. The third kappa shape index (κ3) is 4.53. The van der Waals surface area contributed by atoms with Gasteiger partial charge in [0.25, 0.3) is 0 Å². The third-order valence-corrected chi connectivity index (χ3v) is 4.99. The van der Waals surface area contributed by atoms with Gasteiger partial charge in [0.05, 0.1) is 0 Å². The Morgan fingerprint density at radius 1 is 1.14 bits per heavy atom. The van der Waals surface area contributed by atoms with Gasteiger partial charge in [-0.1, -0.05) is 30.3 Å². The van der Waals surface area contributed by atoms with Gasteiger partial charge in [-0.2, -0.15) is 0 Å². The second-order valence-electron chi connectivity index (χ2n) is 6.95. The van der Waals surface area contributed by atoms with E-state index in [4.69, 9.17) is 5.73 Å². The molecule has 1 aromatic carbocycles. The van der Waals surface area contributed by atoms with Crippen LogP contribution in [0.3, 0.4) is 0 Å². The molecule has 1 aromatic rings. The minimum atomic E-state index is 0.259. The van der Waals surface area contributed by atoms with E-state index in [0.717, 1.165) is 25.9 Å². The predicted octanol–water partition coefficient (Wildman–Crippen LogP) is 2.36. The van der Waals surface area contributed by atoms with Crippen LogP contribution in [0.5, 0.6) is 0 Å². The molecule has 1 unspecified atom stereocenters. The lowest BCUT2D eigenvalue weighted by atomic mass is 9.75. The van der Waals surface area contributed by atoms with Crippen LogP contribution in [0.4, 0.5) is 0 Å². The molecule has 1 aliphatic rings. The summed E-state index contributed by atoms with van der Waals surface area (Å²) in [5.74, 6) is 0. The molecule has 2 N–H and O–H groups in total. The molecule has 0 heterocycles. The molecule has 0 aromatic heterocycles. The molecule has 3 nitrogen and oxygen atoms in total. The van der Waals surface area contributed by atoms with E-state index in [9.17, 15) is 0 Å². The summed E-state index contributed by atoms with van der Waals surface area (Å²) in [5.41, 5.74) is 8.11. The van der Waals surface area contributed by atoms with Crippen molar-refractivity contribution in [1.29, 1.82) is 0 Å². The lowest BCUT2D eigenvalue weighted by Gasteiger charge is -2.49. The summed E-state index contributed by atoms with van der Waals surface area (Å²) in [6.45, 7) is 2.13. The lowest BCUT2D eigenvalue weighted by molar-refractivity contribution is 0.0264. The summed E-state index contributed by atoms with van der Waals surface area (Å²) in [4.78, 5) is 4.83. The van der Waals surface area contributed by atoms with Crippen LogP contribution in [0, 0.1) is 0 Å². The Morgan fingerprint density at radius 3 is 2.33 bits per heavy atom. The Balaban J connectivity index is 1.73. The Bertz CT molecular complexity index is 412. The zero-order valence-electron chi connectivity index (χ0n) is 13.9. The zero-order chi connectivity index (χ0) is 15.3. The largest absolute Gasteiger partial charge is 0.327 e. The minimum absolute atomic E-state index is 0.259. The van der Waals surface area contributed by atoms with Crippen molar-refractivity contribution in [3.05, 3.63) is 35.9 Å². The molecule has 118 valence electrons. The second kappa shape index (κ2) is 7.39. The first-order chi connectivity index (χ1) is 10.0. The molecule has 0 bridgehead atoms. The van der Waals surface area contributed by atoms with Crippen LogP contribution in [-0.2, 0) is 6.42 Å². The minimum Gasteiger partial charge on any atom is -0.327 e. The van der Waals surface area contributed by atoms with E-state index in [2.05, 4.69) is 61.3 Å². The molecule has 3 heteroatoms. The number of aryl methyl sites for hydroxylation is 1. The van der Waals surface area contributed by atoms with E-state index in [0.29, 0.717) is 5.54 Å². The number of hydrogen-bond donors (Lipinski definition) is 1. The first-order valence-corrected chi connectivity index (χ1v) is 8.17. The Labute approximate surface area is 130 Å². The Hall–Kier alpha value is -0.900. The van der Waals surface area contributed by atoms with E-state index in [1.807, 2.05) is 0 Å². The number of nitrogens with zero attached hydrogens (tertiary/aromatic N) is 2. The van der Waals surface area contributed by atoms with Crippen molar-refractivity contribution in [3.8, 4) is 0 Å². The molecule has 0 amide bonds. The normalized spacial score (nSPS) is 18.8. The van der Waals surface area contributed by atoms with Gasteiger partial charge in [0.2, 0.25) is 0 Å². The second-order valence-corrected chi connectivity index (χ2v) is 6.95. The molecular formula is C18H31N3. The van der Waals surface area contributed by atoms with Crippen LogP contribution in [-0.4, -0.2) is 55.6 Å². The summed E-state index contributed by atoms with van der Waals surface area (Å²) in [6.07, 6.45) is 6.15. The van der Waals surface area contributed by atoms with Crippen molar-refractivity contribution in [3.63, 3.8) is 0 Å². The van der Waals surface area contributed by atoms with E-state index < -0.39 is 0 Å². The number of rotatable bonds is 8. The van der Waals surface area contributed by atoms with E-state index >= 15 is 0 Å². The van der Waals surface area contributed by atoms with E-state index in [1.54, 1.807) is 0 Å². The maximum absolute atomic E-state index is 6.32. The number of benzene rings is 1. The van der Waals surface area contributed by atoms with E-state index in [1.165, 1.54) is 24.8 Å². The Morgan fingerprint density at radius 2 is 1.81 bits per heavy atom. The zero-order valence-corrected chi connectivity index (χ0v) is 13.9. The van der Waals surface area contributed by atoms with E-state index in [-0.39, 0.29) is 6.04 Å². The summed E-state index contributed by atoms with van der Waals surface area (Å²) in [6, 6.07) is 10.9. The van der Waals surface area contributed by atoms with Crippen molar-refractivity contribution >= 4 is 0 Å². The monoisotopic (exact) mass is 289 g/mol. The first-order valence-electron chi connectivity index (χ1n) is 8.17. The molecule has 0 spiro atoms. The fraction of sp³-hybridized carbons (Fsp3) is 0.667. The molecule has 0 aliphatic heterocycles. The molecule has 1 fully saturated rings. The topological polar surface area (TPSA) is 32.5 Å². The van der Waals surface area contributed by atoms with Gasteiger partial charge in [0.15, 0.2) is 0 Å². The van der Waals surface area contributed by atoms with Crippen LogP contribution in [0.25, 0.3) is 0 Å². The molecule has 21 heavy (non-hydrogen) atoms. The number of nitrogens with two attached hydrogens (primary N) is 1. The smallest absolute Gasteiger partial charge is 0.0330 e.